The van der Waals surface area contributed by atoms with Gasteiger partial charge in [0.2, 0.25) is 5.91 Å². The lowest BCUT2D eigenvalue weighted by atomic mass is 9.89. The van der Waals surface area contributed by atoms with Gasteiger partial charge < -0.3 is 11.1 Å². The smallest absolute Gasteiger partial charge is 0.269 e. The molecule has 2 aliphatic rings. The van der Waals surface area contributed by atoms with Gasteiger partial charge in [-0.25, -0.2) is 5.10 Å². The minimum absolute atomic E-state index is 0. The monoisotopic (exact) mass is 444 g/mol. The van der Waals surface area contributed by atoms with Gasteiger partial charge in [0.1, 0.15) is 10.8 Å². The van der Waals surface area contributed by atoms with Crippen LogP contribution in [0.4, 0.5) is 10.1 Å². The van der Waals surface area contributed by atoms with Crippen molar-refractivity contribution >= 4 is 35.6 Å². The van der Waals surface area contributed by atoms with Gasteiger partial charge in [0.15, 0.2) is 0 Å². The predicted octanol–water partition coefficient (Wildman–Crippen LogP) is 2.49. The average molecular weight is 445 g/mol. The number of aromatic nitrogens is 4. The van der Waals surface area contributed by atoms with Crippen molar-refractivity contribution in [2.45, 2.75) is 44.7 Å². The lowest BCUT2D eigenvalue weighted by Gasteiger charge is -2.22. The molecule has 4 rings (SSSR count). The second-order valence-corrected chi connectivity index (χ2v) is 8.12. The summed E-state index contributed by atoms with van der Waals surface area (Å²) in [6, 6.07) is 0.125. The van der Waals surface area contributed by atoms with Crippen LogP contribution in [0, 0.1) is 23.7 Å². The first kappa shape index (κ1) is 21.7. The van der Waals surface area contributed by atoms with E-state index in [9.17, 15) is 14.0 Å². The van der Waals surface area contributed by atoms with Gasteiger partial charge in [-0.2, -0.15) is 9.49 Å². The third-order valence-electron chi connectivity index (χ3n) is 5.64. The largest absolute Gasteiger partial charge is 0.320 e. The summed E-state index contributed by atoms with van der Waals surface area (Å²) in [5.41, 5.74) is 5.98. The van der Waals surface area contributed by atoms with Crippen LogP contribution in [0.15, 0.2) is 17.1 Å². The fourth-order valence-corrected chi connectivity index (χ4v) is 3.98. The maximum atomic E-state index is 14.3. The Morgan fingerprint density at radius 2 is 2.00 bits per heavy atom. The SMILES string of the molecule is C[C@@H](c1cc(Cl)n[nH]c1=O)n1cc(NC(=O)[C@@H](N)C(C2CC2)C2CC2)c(F)n1.Cl. The Balaban J connectivity index is 0.00000240. The molecule has 0 aliphatic heterocycles. The number of nitrogens with one attached hydrogen (secondary N) is 2. The third-order valence-corrected chi connectivity index (χ3v) is 5.84. The first-order valence-electron chi connectivity index (χ1n) is 9.41. The van der Waals surface area contributed by atoms with E-state index in [0.717, 1.165) is 25.7 Å². The third kappa shape index (κ3) is 4.62. The minimum Gasteiger partial charge on any atom is -0.320 e. The second-order valence-electron chi connectivity index (χ2n) is 7.73. The highest BCUT2D eigenvalue weighted by Gasteiger charge is 2.46. The molecule has 0 aromatic carbocycles. The van der Waals surface area contributed by atoms with Gasteiger partial charge in [0.05, 0.1) is 18.3 Å². The Bertz CT molecular complexity index is 944. The molecule has 2 fully saturated rings. The van der Waals surface area contributed by atoms with Crippen LogP contribution >= 0.6 is 24.0 Å². The predicted molar refractivity (Wildman–Crippen MR) is 109 cm³/mol. The molecule has 2 aromatic rings. The van der Waals surface area contributed by atoms with Crippen molar-refractivity contribution < 1.29 is 9.18 Å². The van der Waals surface area contributed by atoms with Crippen molar-refractivity contribution in [3.63, 3.8) is 0 Å². The van der Waals surface area contributed by atoms with Crippen molar-refractivity contribution in [3.8, 4) is 0 Å². The number of amides is 1. The summed E-state index contributed by atoms with van der Waals surface area (Å²) in [6.07, 6.45) is 5.77. The summed E-state index contributed by atoms with van der Waals surface area (Å²) < 4.78 is 15.6. The Hall–Kier alpha value is -1.97. The van der Waals surface area contributed by atoms with Gasteiger partial charge in [0.25, 0.3) is 11.5 Å². The Morgan fingerprint density at radius 3 is 2.59 bits per heavy atom. The van der Waals surface area contributed by atoms with Crippen LogP contribution in [0.2, 0.25) is 5.15 Å². The number of anilines is 1. The molecule has 0 spiro atoms. The van der Waals surface area contributed by atoms with E-state index in [0.29, 0.717) is 11.8 Å². The summed E-state index contributed by atoms with van der Waals surface area (Å²) in [4.78, 5) is 24.6. The molecule has 0 bridgehead atoms. The molecule has 1 amide bonds. The van der Waals surface area contributed by atoms with Crippen LogP contribution in [0.5, 0.6) is 0 Å². The molecule has 2 aliphatic carbocycles. The molecule has 11 heteroatoms. The van der Waals surface area contributed by atoms with Gasteiger partial charge in [-0.3, -0.25) is 14.3 Å². The first-order valence-corrected chi connectivity index (χ1v) is 9.79. The van der Waals surface area contributed by atoms with Crippen LogP contribution in [0.3, 0.4) is 0 Å². The summed E-state index contributed by atoms with van der Waals surface area (Å²) in [5.74, 6) is -0.0688. The number of rotatable bonds is 7. The highest BCUT2D eigenvalue weighted by atomic mass is 35.5. The van der Waals surface area contributed by atoms with E-state index in [1.807, 2.05) is 0 Å². The number of carbonyl (C=O) groups is 1. The molecule has 0 radical (unpaired) electrons. The topological polar surface area (TPSA) is 119 Å². The molecule has 8 nitrogen and oxygen atoms in total. The molecule has 4 N–H and O–H groups in total. The number of H-pyrrole nitrogens is 1. The van der Waals surface area contributed by atoms with Crippen LogP contribution in [-0.4, -0.2) is 31.9 Å². The maximum absolute atomic E-state index is 14.3. The van der Waals surface area contributed by atoms with Gasteiger partial charge in [-0.05, 0) is 56.4 Å². The van der Waals surface area contributed by atoms with Crippen molar-refractivity contribution in [2.24, 2.45) is 23.5 Å². The zero-order valence-electron chi connectivity index (χ0n) is 15.8. The summed E-state index contributed by atoms with van der Waals surface area (Å²) in [6.45, 7) is 1.67. The number of aromatic amines is 1. The van der Waals surface area contributed by atoms with E-state index in [2.05, 4.69) is 20.6 Å². The van der Waals surface area contributed by atoms with E-state index >= 15 is 0 Å². The van der Waals surface area contributed by atoms with E-state index in [1.165, 1.54) is 16.9 Å². The molecular formula is C18H23Cl2FN6O2. The first-order chi connectivity index (χ1) is 13.3. The van der Waals surface area contributed by atoms with Gasteiger partial charge in [-0.15, -0.1) is 17.5 Å². The van der Waals surface area contributed by atoms with Crippen molar-refractivity contribution in [1.82, 2.24) is 20.0 Å². The number of nitrogens with zero attached hydrogens (tertiary/aromatic N) is 3. The van der Waals surface area contributed by atoms with E-state index in [-0.39, 0.29) is 34.7 Å². The molecular weight excluding hydrogens is 422 g/mol. The number of carbonyl (C=O) groups excluding carboxylic acids is 1. The Labute approximate surface area is 177 Å². The molecule has 0 saturated heterocycles. The molecule has 2 aromatic heterocycles. The van der Waals surface area contributed by atoms with Crippen LogP contribution in [0.25, 0.3) is 0 Å². The molecule has 2 saturated carbocycles. The van der Waals surface area contributed by atoms with Crippen molar-refractivity contribution in [2.75, 3.05) is 5.32 Å². The summed E-state index contributed by atoms with van der Waals surface area (Å²) in [5, 5.41) is 12.3. The summed E-state index contributed by atoms with van der Waals surface area (Å²) in [7, 11) is 0. The average Bonchev–Trinajstić information content (AvgIpc) is 3.58. The molecule has 29 heavy (non-hydrogen) atoms. The second kappa shape index (κ2) is 8.41. The quantitative estimate of drug-likeness (QED) is 0.605. The minimum atomic E-state index is -0.835. The number of halogens is 3. The highest BCUT2D eigenvalue weighted by Crippen LogP contribution is 2.50. The van der Waals surface area contributed by atoms with Crippen molar-refractivity contribution in [3.05, 3.63) is 39.3 Å². The van der Waals surface area contributed by atoms with Gasteiger partial charge in [-0.1, -0.05) is 11.6 Å². The molecule has 0 unspecified atom stereocenters. The van der Waals surface area contributed by atoms with Gasteiger partial charge >= 0.3 is 0 Å². The summed E-state index contributed by atoms with van der Waals surface area (Å²) >= 11 is 5.82. The van der Waals surface area contributed by atoms with Crippen molar-refractivity contribution in [1.29, 1.82) is 0 Å². The Morgan fingerprint density at radius 1 is 1.38 bits per heavy atom. The van der Waals surface area contributed by atoms with Gasteiger partial charge in [0, 0.05) is 5.56 Å². The maximum Gasteiger partial charge on any atom is 0.269 e. The fourth-order valence-electron chi connectivity index (χ4n) is 3.82. The van der Waals surface area contributed by atoms with Crippen LogP contribution < -0.4 is 16.6 Å². The standard InChI is InChI=1S/C18H22ClFN6O2.ClH/c1-8(11-6-13(19)23-24-17(11)27)26-7-12(16(20)25-26)22-18(28)15(21)14(9-2-3-9)10-4-5-10;/h6-10,14-15H,2-5,21H2,1H3,(H,22,28)(H,24,27);1H/t8-,15-;/m0./s1. The van der Waals surface area contributed by atoms with E-state index in [4.69, 9.17) is 17.3 Å². The molecule has 2 atom stereocenters. The lowest BCUT2D eigenvalue weighted by Crippen LogP contribution is -2.43. The fraction of sp³-hybridized carbons (Fsp3) is 0.556. The zero-order chi connectivity index (χ0) is 20.0. The van der Waals surface area contributed by atoms with Crippen LogP contribution in [-0.2, 0) is 4.79 Å². The zero-order valence-corrected chi connectivity index (χ0v) is 17.3. The van der Waals surface area contributed by atoms with E-state index in [1.54, 1.807) is 6.92 Å². The highest BCUT2D eigenvalue weighted by molar-refractivity contribution is 6.29. The number of nitrogens with two attached hydrogens (primary N) is 1. The van der Waals surface area contributed by atoms with E-state index < -0.39 is 29.5 Å². The molecule has 158 valence electrons. The van der Waals surface area contributed by atoms with Crippen LogP contribution in [0.1, 0.15) is 44.2 Å². The lowest BCUT2D eigenvalue weighted by molar-refractivity contribution is -0.118. The Kier molecular flexibility index (Phi) is 6.30. The molecule has 2 heterocycles. The number of hydrogen-bond donors (Lipinski definition) is 3. The number of hydrogen-bond acceptors (Lipinski definition) is 5. The normalized spacial score (nSPS) is 18.2.